The van der Waals surface area contributed by atoms with Crippen LogP contribution in [0.5, 0.6) is 0 Å². The standard InChI is InChI=1S/C20H33NO7/c1-11-13(3)26-14(12-2)15(16(22)25-10)21(17(23)27-19(4,5)6)18(24)28-20(7,8)9/h11-15H,1-2H2,3-10H3/t13-,14+,15-/m0/s1. The summed E-state index contributed by atoms with van der Waals surface area (Å²) in [7, 11) is 1.13. The van der Waals surface area contributed by atoms with Crippen molar-refractivity contribution in [2.75, 3.05) is 7.11 Å². The molecule has 0 fully saturated rings. The van der Waals surface area contributed by atoms with E-state index in [1.807, 2.05) is 0 Å². The minimum atomic E-state index is -1.50. The maximum Gasteiger partial charge on any atom is 0.420 e. The Morgan fingerprint density at radius 3 is 1.61 bits per heavy atom. The number of ether oxygens (including phenoxy) is 4. The number of hydrogen-bond acceptors (Lipinski definition) is 7. The van der Waals surface area contributed by atoms with Crippen LogP contribution in [0.15, 0.2) is 25.3 Å². The summed E-state index contributed by atoms with van der Waals surface area (Å²) in [5.41, 5.74) is -1.84. The Morgan fingerprint density at radius 1 is 0.893 bits per heavy atom. The molecule has 0 radical (unpaired) electrons. The highest BCUT2D eigenvalue weighted by Crippen LogP contribution is 2.21. The molecule has 160 valence electrons. The molecule has 0 aliphatic rings. The van der Waals surface area contributed by atoms with E-state index >= 15 is 0 Å². The lowest BCUT2D eigenvalue weighted by atomic mass is 10.1. The van der Waals surface area contributed by atoms with Gasteiger partial charge in [0.25, 0.3) is 0 Å². The summed E-state index contributed by atoms with van der Waals surface area (Å²) in [6.07, 6.45) is -0.924. The van der Waals surface area contributed by atoms with E-state index in [4.69, 9.17) is 18.9 Å². The normalized spacial score (nSPS) is 14.9. The van der Waals surface area contributed by atoms with Crippen molar-refractivity contribution < 1.29 is 33.3 Å². The molecule has 0 rings (SSSR count). The van der Waals surface area contributed by atoms with E-state index < -0.39 is 47.6 Å². The Labute approximate surface area is 167 Å². The largest absolute Gasteiger partial charge is 0.467 e. The summed E-state index contributed by atoms with van der Waals surface area (Å²) in [5, 5.41) is 0. The second-order valence-electron chi connectivity index (χ2n) is 8.08. The van der Waals surface area contributed by atoms with Crippen LogP contribution in [0.3, 0.4) is 0 Å². The van der Waals surface area contributed by atoms with Gasteiger partial charge < -0.3 is 18.9 Å². The maximum atomic E-state index is 12.8. The van der Waals surface area contributed by atoms with Gasteiger partial charge in [0, 0.05) is 0 Å². The number of hydrogen-bond donors (Lipinski definition) is 0. The van der Waals surface area contributed by atoms with E-state index in [0.717, 1.165) is 7.11 Å². The van der Waals surface area contributed by atoms with Gasteiger partial charge in [-0.1, -0.05) is 12.2 Å². The summed E-state index contributed by atoms with van der Waals surface area (Å²) in [6, 6.07) is -1.50. The predicted molar refractivity (Wildman–Crippen MR) is 105 cm³/mol. The number of imide groups is 1. The van der Waals surface area contributed by atoms with E-state index in [-0.39, 0.29) is 0 Å². The number of nitrogens with zero attached hydrogens (tertiary/aromatic N) is 1. The van der Waals surface area contributed by atoms with Gasteiger partial charge in [0.2, 0.25) is 0 Å². The Morgan fingerprint density at radius 2 is 1.32 bits per heavy atom. The number of amides is 2. The molecule has 0 aliphatic carbocycles. The lowest BCUT2D eigenvalue weighted by Crippen LogP contribution is -2.57. The third kappa shape index (κ3) is 8.56. The molecule has 8 nitrogen and oxygen atoms in total. The molecule has 0 spiro atoms. The van der Waals surface area contributed by atoms with Crippen molar-refractivity contribution in [3.63, 3.8) is 0 Å². The van der Waals surface area contributed by atoms with Crippen LogP contribution in [0, 0.1) is 0 Å². The van der Waals surface area contributed by atoms with Crippen molar-refractivity contribution in [3.8, 4) is 0 Å². The van der Waals surface area contributed by atoms with Crippen LogP contribution in [0.2, 0.25) is 0 Å². The lowest BCUT2D eigenvalue weighted by Gasteiger charge is -2.35. The maximum absolute atomic E-state index is 12.8. The average Bonchev–Trinajstić information content (AvgIpc) is 2.53. The van der Waals surface area contributed by atoms with Crippen LogP contribution in [-0.2, 0) is 23.7 Å². The third-order valence-corrected chi connectivity index (χ3v) is 3.15. The molecule has 0 aliphatic heterocycles. The van der Waals surface area contributed by atoms with Crippen LogP contribution in [0.1, 0.15) is 48.5 Å². The molecular formula is C20H33NO7. The van der Waals surface area contributed by atoms with Crippen molar-refractivity contribution in [2.24, 2.45) is 0 Å². The van der Waals surface area contributed by atoms with E-state index in [1.54, 1.807) is 48.5 Å². The number of carbonyl (C=O) groups is 3. The number of rotatable bonds is 7. The molecule has 0 unspecified atom stereocenters. The van der Waals surface area contributed by atoms with Crippen molar-refractivity contribution >= 4 is 18.2 Å². The van der Waals surface area contributed by atoms with Crippen molar-refractivity contribution in [1.29, 1.82) is 0 Å². The third-order valence-electron chi connectivity index (χ3n) is 3.15. The van der Waals surface area contributed by atoms with Crippen molar-refractivity contribution in [1.82, 2.24) is 4.90 Å². The second kappa shape index (κ2) is 10.3. The summed E-state index contributed by atoms with van der Waals surface area (Å²) in [4.78, 5) is 38.7. The highest BCUT2D eigenvalue weighted by atomic mass is 16.6. The summed E-state index contributed by atoms with van der Waals surface area (Å²) in [5.74, 6) is -0.891. The van der Waals surface area contributed by atoms with Crippen LogP contribution in [0.4, 0.5) is 9.59 Å². The fraction of sp³-hybridized carbons (Fsp3) is 0.650. The van der Waals surface area contributed by atoms with Crippen LogP contribution in [-0.4, -0.2) is 59.6 Å². The Balaban J connectivity index is 6.23. The van der Waals surface area contributed by atoms with Crippen LogP contribution in [0.25, 0.3) is 0 Å². The number of esters is 1. The van der Waals surface area contributed by atoms with Crippen molar-refractivity contribution in [3.05, 3.63) is 25.3 Å². The van der Waals surface area contributed by atoms with Crippen LogP contribution < -0.4 is 0 Å². The van der Waals surface area contributed by atoms with Gasteiger partial charge in [-0.2, -0.15) is 4.90 Å². The van der Waals surface area contributed by atoms with Gasteiger partial charge in [-0.3, -0.25) is 0 Å². The number of carbonyl (C=O) groups excluding carboxylic acids is 3. The molecule has 28 heavy (non-hydrogen) atoms. The van der Waals surface area contributed by atoms with Gasteiger partial charge in [-0.15, -0.1) is 13.2 Å². The van der Waals surface area contributed by atoms with Gasteiger partial charge in [0.15, 0.2) is 6.04 Å². The second-order valence-corrected chi connectivity index (χ2v) is 8.08. The fourth-order valence-corrected chi connectivity index (χ4v) is 1.99. The first kappa shape index (κ1) is 25.6. The van der Waals surface area contributed by atoms with E-state index in [2.05, 4.69) is 13.2 Å². The topological polar surface area (TPSA) is 91.4 Å². The van der Waals surface area contributed by atoms with Gasteiger partial charge in [0.1, 0.15) is 17.3 Å². The quantitative estimate of drug-likeness (QED) is 0.365. The summed E-state index contributed by atoms with van der Waals surface area (Å²) in [6.45, 7) is 18.7. The molecule has 0 aromatic rings. The first-order valence-corrected chi connectivity index (χ1v) is 8.90. The molecule has 0 saturated carbocycles. The molecule has 0 N–H and O–H groups in total. The first-order chi connectivity index (χ1) is 12.7. The zero-order valence-electron chi connectivity index (χ0n) is 18.1. The summed E-state index contributed by atoms with van der Waals surface area (Å²) >= 11 is 0. The average molecular weight is 399 g/mol. The molecule has 0 aromatic carbocycles. The summed E-state index contributed by atoms with van der Waals surface area (Å²) < 4.78 is 21.1. The first-order valence-electron chi connectivity index (χ1n) is 8.90. The number of methoxy groups -OCH3 is 1. The highest BCUT2D eigenvalue weighted by molar-refractivity contribution is 5.94. The molecule has 0 saturated heterocycles. The molecule has 0 aromatic heterocycles. The highest BCUT2D eigenvalue weighted by Gasteiger charge is 2.45. The molecule has 0 heterocycles. The Kier molecular flexibility index (Phi) is 9.40. The molecule has 8 heteroatoms. The van der Waals surface area contributed by atoms with Crippen molar-refractivity contribution in [2.45, 2.75) is 77.9 Å². The SMILES string of the molecule is C=C[C@H](C)O[C@H](C=C)[C@@H](C(=O)OC)N(C(=O)OC(C)(C)C)C(=O)OC(C)(C)C. The fourth-order valence-electron chi connectivity index (χ4n) is 1.99. The monoisotopic (exact) mass is 399 g/mol. The van der Waals surface area contributed by atoms with Crippen LogP contribution >= 0.6 is 0 Å². The van der Waals surface area contributed by atoms with Gasteiger partial charge in [-0.05, 0) is 48.5 Å². The molecule has 0 bridgehead atoms. The van der Waals surface area contributed by atoms with E-state index in [9.17, 15) is 14.4 Å². The van der Waals surface area contributed by atoms with Gasteiger partial charge in [-0.25, -0.2) is 14.4 Å². The molecule has 2 amide bonds. The minimum absolute atomic E-state index is 0.491. The Hall–Kier alpha value is -2.35. The predicted octanol–water partition coefficient (Wildman–Crippen LogP) is 3.85. The van der Waals surface area contributed by atoms with Gasteiger partial charge in [0.05, 0.1) is 13.2 Å². The van der Waals surface area contributed by atoms with E-state index in [0.29, 0.717) is 4.90 Å². The zero-order chi connectivity index (χ0) is 22.3. The van der Waals surface area contributed by atoms with E-state index in [1.165, 1.54) is 12.2 Å². The minimum Gasteiger partial charge on any atom is -0.467 e. The Bertz CT molecular complexity index is 558. The lowest BCUT2D eigenvalue weighted by molar-refractivity contribution is -0.152. The zero-order valence-corrected chi connectivity index (χ0v) is 18.1. The van der Waals surface area contributed by atoms with Gasteiger partial charge >= 0.3 is 18.2 Å². The smallest absolute Gasteiger partial charge is 0.420 e. The molecular weight excluding hydrogens is 366 g/mol. The molecule has 3 atom stereocenters.